The fourth-order valence-electron chi connectivity index (χ4n) is 1.60. The fraction of sp³-hybridized carbons (Fsp3) is 0.533. The Morgan fingerprint density at radius 2 is 2.05 bits per heavy atom. The third-order valence-electron chi connectivity index (χ3n) is 2.60. The maximum absolute atomic E-state index is 11.9. The standard InChI is InChI=1S/C15H23NO3/c1-5-6-9-19-13-8-7-12(10-14(13)18-4)15(17)16-11(2)3/h7-8,10-11H,5-6,9H2,1-4H3,(H,16,17). The molecule has 0 spiro atoms. The number of nitrogens with one attached hydrogen (secondary N) is 1. The van der Waals surface area contributed by atoms with Crippen molar-refractivity contribution in [2.45, 2.75) is 39.7 Å². The number of carbonyl (C=O) groups excluding carboxylic acids is 1. The van der Waals surface area contributed by atoms with Gasteiger partial charge in [0.1, 0.15) is 0 Å². The quantitative estimate of drug-likeness (QED) is 0.771. The second-order valence-corrected chi connectivity index (χ2v) is 4.70. The van der Waals surface area contributed by atoms with Crippen LogP contribution in [-0.4, -0.2) is 25.7 Å². The number of benzene rings is 1. The molecule has 0 aliphatic rings. The molecule has 0 saturated heterocycles. The van der Waals surface area contributed by atoms with Gasteiger partial charge in [-0.1, -0.05) is 13.3 Å². The highest BCUT2D eigenvalue weighted by Crippen LogP contribution is 2.28. The Hall–Kier alpha value is -1.71. The van der Waals surface area contributed by atoms with Gasteiger partial charge in [0.05, 0.1) is 13.7 Å². The average molecular weight is 265 g/mol. The van der Waals surface area contributed by atoms with Crippen LogP contribution in [0.2, 0.25) is 0 Å². The molecule has 0 fully saturated rings. The Bertz CT molecular complexity index is 416. The molecule has 1 N–H and O–H groups in total. The Balaban J connectivity index is 2.80. The minimum atomic E-state index is -0.103. The van der Waals surface area contributed by atoms with E-state index in [0.717, 1.165) is 12.8 Å². The predicted octanol–water partition coefficient (Wildman–Crippen LogP) is 3.01. The van der Waals surface area contributed by atoms with E-state index in [9.17, 15) is 4.79 Å². The SMILES string of the molecule is CCCCOc1ccc(C(=O)NC(C)C)cc1OC. The lowest BCUT2D eigenvalue weighted by Gasteiger charge is -2.13. The molecule has 0 bridgehead atoms. The first-order chi connectivity index (χ1) is 9.08. The van der Waals surface area contributed by atoms with Gasteiger partial charge < -0.3 is 14.8 Å². The van der Waals surface area contributed by atoms with Gasteiger partial charge in [-0.25, -0.2) is 0 Å². The summed E-state index contributed by atoms with van der Waals surface area (Å²) in [4.78, 5) is 11.9. The summed E-state index contributed by atoms with van der Waals surface area (Å²) in [6.07, 6.45) is 2.08. The zero-order valence-electron chi connectivity index (χ0n) is 12.2. The van der Waals surface area contributed by atoms with Gasteiger partial charge >= 0.3 is 0 Å². The summed E-state index contributed by atoms with van der Waals surface area (Å²) < 4.78 is 10.9. The largest absolute Gasteiger partial charge is 0.493 e. The van der Waals surface area contributed by atoms with E-state index in [2.05, 4.69) is 12.2 Å². The molecule has 0 aliphatic heterocycles. The Kier molecular flexibility index (Phi) is 6.19. The normalized spacial score (nSPS) is 10.4. The zero-order chi connectivity index (χ0) is 14.3. The van der Waals surface area contributed by atoms with Crippen molar-refractivity contribution in [2.75, 3.05) is 13.7 Å². The van der Waals surface area contributed by atoms with Gasteiger partial charge in [0.25, 0.3) is 5.91 Å². The number of carbonyl (C=O) groups is 1. The first kappa shape index (κ1) is 15.3. The van der Waals surface area contributed by atoms with Crippen LogP contribution in [0.25, 0.3) is 0 Å². The van der Waals surface area contributed by atoms with Crippen LogP contribution in [0, 0.1) is 0 Å². The summed E-state index contributed by atoms with van der Waals surface area (Å²) in [5.41, 5.74) is 0.577. The van der Waals surface area contributed by atoms with Crippen LogP contribution in [0.5, 0.6) is 11.5 Å². The van der Waals surface area contributed by atoms with Gasteiger partial charge in [-0.15, -0.1) is 0 Å². The van der Waals surface area contributed by atoms with E-state index >= 15 is 0 Å². The maximum atomic E-state index is 11.9. The van der Waals surface area contributed by atoms with Crippen LogP contribution in [0.3, 0.4) is 0 Å². The maximum Gasteiger partial charge on any atom is 0.251 e. The summed E-state index contributed by atoms with van der Waals surface area (Å²) in [5, 5.41) is 2.85. The summed E-state index contributed by atoms with van der Waals surface area (Å²) >= 11 is 0. The molecule has 0 aromatic heterocycles. The first-order valence-corrected chi connectivity index (χ1v) is 6.70. The second-order valence-electron chi connectivity index (χ2n) is 4.70. The van der Waals surface area contributed by atoms with Crippen LogP contribution in [0.15, 0.2) is 18.2 Å². The highest BCUT2D eigenvalue weighted by molar-refractivity contribution is 5.95. The third-order valence-corrected chi connectivity index (χ3v) is 2.60. The molecule has 4 nitrogen and oxygen atoms in total. The molecule has 0 heterocycles. The zero-order valence-corrected chi connectivity index (χ0v) is 12.2. The molecular weight excluding hydrogens is 242 g/mol. The van der Waals surface area contributed by atoms with Crippen LogP contribution < -0.4 is 14.8 Å². The smallest absolute Gasteiger partial charge is 0.251 e. The Morgan fingerprint density at radius 1 is 1.32 bits per heavy atom. The highest BCUT2D eigenvalue weighted by atomic mass is 16.5. The molecule has 106 valence electrons. The molecule has 1 rings (SSSR count). The molecule has 0 atom stereocenters. The molecule has 1 amide bonds. The molecule has 0 aliphatic carbocycles. The average Bonchev–Trinajstić information content (AvgIpc) is 2.38. The van der Waals surface area contributed by atoms with Crippen LogP contribution >= 0.6 is 0 Å². The number of ether oxygens (including phenoxy) is 2. The van der Waals surface area contributed by atoms with Crippen molar-refractivity contribution in [3.8, 4) is 11.5 Å². The third kappa shape index (κ3) is 4.81. The Labute approximate surface area is 115 Å². The number of hydrogen-bond acceptors (Lipinski definition) is 3. The second kappa shape index (κ2) is 7.67. The van der Waals surface area contributed by atoms with E-state index in [-0.39, 0.29) is 11.9 Å². The lowest BCUT2D eigenvalue weighted by Crippen LogP contribution is -2.30. The molecular formula is C15H23NO3. The van der Waals surface area contributed by atoms with Crippen molar-refractivity contribution < 1.29 is 14.3 Å². The number of amides is 1. The Morgan fingerprint density at radius 3 is 2.63 bits per heavy atom. The first-order valence-electron chi connectivity index (χ1n) is 6.70. The van der Waals surface area contributed by atoms with Gasteiger partial charge in [-0.05, 0) is 38.5 Å². The lowest BCUT2D eigenvalue weighted by molar-refractivity contribution is 0.0942. The molecule has 0 radical (unpaired) electrons. The molecule has 1 aromatic rings. The summed E-state index contributed by atoms with van der Waals surface area (Å²) in [6, 6.07) is 5.35. The molecule has 19 heavy (non-hydrogen) atoms. The molecule has 4 heteroatoms. The molecule has 0 unspecified atom stereocenters. The van der Waals surface area contributed by atoms with E-state index in [0.29, 0.717) is 23.7 Å². The van der Waals surface area contributed by atoms with E-state index < -0.39 is 0 Å². The lowest BCUT2D eigenvalue weighted by atomic mass is 10.1. The van der Waals surface area contributed by atoms with Gasteiger partial charge in [0.2, 0.25) is 0 Å². The fourth-order valence-corrected chi connectivity index (χ4v) is 1.60. The van der Waals surface area contributed by atoms with Gasteiger partial charge in [0, 0.05) is 11.6 Å². The number of methoxy groups -OCH3 is 1. The summed E-state index contributed by atoms with van der Waals surface area (Å²) in [6.45, 7) is 6.62. The predicted molar refractivity (Wildman–Crippen MR) is 76.0 cm³/mol. The van der Waals surface area contributed by atoms with E-state index in [4.69, 9.17) is 9.47 Å². The minimum Gasteiger partial charge on any atom is -0.493 e. The van der Waals surface area contributed by atoms with Crippen molar-refractivity contribution in [1.82, 2.24) is 5.32 Å². The van der Waals surface area contributed by atoms with E-state index in [1.165, 1.54) is 0 Å². The molecule has 0 saturated carbocycles. The van der Waals surface area contributed by atoms with E-state index in [1.807, 2.05) is 13.8 Å². The monoisotopic (exact) mass is 265 g/mol. The van der Waals surface area contributed by atoms with Crippen LogP contribution in [0.1, 0.15) is 44.0 Å². The number of unbranched alkanes of at least 4 members (excludes halogenated alkanes) is 1. The topological polar surface area (TPSA) is 47.6 Å². The van der Waals surface area contributed by atoms with Gasteiger partial charge in [-0.2, -0.15) is 0 Å². The number of hydrogen-bond donors (Lipinski definition) is 1. The minimum absolute atomic E-state index is 0.103. The van der Waals surface area contributed by atoms with Crippen molar-refractivity contribution in [3.05, 3.63) is 23.8 Å². The van der Waals surface area contributed by atoms with Crippen molar-refractivity contribution in [1.29, 1.82) is 0 Å². The highest BCUT2D eigenvalue weighted by Gasteiger charge is 2.11. The van der Waals surface area contributed by atoms with Crippen LogP contribution in [0.4, 0.5) is 0 Å². The van der Waals surface area contributed by atoms with Crippen molar-refractivity contribution in [2.24, 2.45) is 0 Å². The van der Waals surface area contributed by atoms with E-state index in [1.54, 1.807) is 25.3 Å². The van der Waals surface area contributed by atoms with Crippen LogP contribution in [-0.2, 0) is 0 Å². The molecule has 1 aromatic carbocycles. The van der Waals surface area contributed by atoms with Crippen molar-refractivity contribution >= 4 is 5.91 Å². The number of rotatable bonds is 7. The summed E-state index contributed by atoms with van der Waals surface area (Å²) in [5.74, 6) is 1.16. The van der Waals surface area contributed by atoms with Gasteiger partial charge in [-0.3, -0.25) is 4.79 Å². The summed E-state index contributed by atoms with van der Waals surface area (Å²) in [7, 11) is 1.58. The van der Waals surface area contributed by atoms with Crippen molar-refractivity contribution in [3.63, 3.8) is 0 Å². The van der Waals surface area contributed by atoms with Gasteiger partial charge in [0.15, 0.2) is 11.5 Å².